The lowest BCUT2D eigenvalue weighted by Gasteiger charge is -2.22. The monoisotopic (exact) mass is 776 g/mol. The molecule has 2 atom stereocenters. The van der Waals surface area contributed by atoms with E-state index in [1.807, 2.05) is 0 Å². The van der Waals surface area contributed by atoms with Crippen LogP contribution in [-0.2, 0) is 50.6 Å². The number of aliphatic carboxylic acids is 1. The van der Waals surface area contributed by atoms with Gasteiger partial charge in [-0.05, 0) is 27.2 Å². The van der Waals surface area contributed by atoms with E-state index in [-0.39, 0.29) is 33.3 Å². The van der Waals surface area contributed by atoms with Gasteiger partial charge in [0.15, 0.2) is 22.4 Å². The summed E-state index contributed by atoms with van der Waals surface area (Å²) in [6.07, 6.45) is 1.09. The predicted octanol–water partition coefficient (Wildman–Crippen LogP) is -2.57. The lowest BCUT2D eigenvalue weighted by atomic mass is 10.1. The molecule has 26 heteroatoms. The molecule has 0 aliphatic carbocycles. The predicted molar refractivity (Wildman–Crippen MR) is 177 cm³/mol. The van der Waals surface area contributed by atoms with Crippen LogP contribution < -0.4 is 26.8 Å². The molecule has 0 bridgehead atoms. The summed E-state index contributed by atoms with van der Waals surface area (Å²) in [6.45, 7) is 3.07. The summed E-state index contributed by atoms with van der Waals surface area (Å²) in [7, 11) is -8.68. The van der Waals surface area contributed by atoms with Crippen molar-refractivity contribution >= 4 is 77.9 Å². The van der Waals surface area contributed by atoms with E-state index in [0.717, 1.165) is 42.2 Å². The van der Waals surface area contributed by atoms with E-state index in [9.17, 15) is 55.8 Å². The molecule has 0 fully saturated rings. The van der Waals surface area contributed by atoms with Crippen LogP contribution in [0.1, 0.15) is 45.1 Å². The van der Waals surface area contributed by atoms with Crippen molar-refractivity contribution in [1.82, 2.24) is 34.1 Å². The van der Waals surface area contributed by atoms with Gasteiger partial charge in [0.1, 0.15) is 27.9 Å². The number of nitrogens with one attached hydrogen (secondary N) is 3. The van der Waals surface area contributed by atoms with Crippen molar-refractivity contribution in [2.45, 2.75) is 57.8 Å². The Morgan fingerprint density at radius 3 is 2.43 bits per heavy atom. The van der Waals surface area contributed by atoms with Crippen molar-refractivity contribution in [3.8, 4) is 0 Å². The Morgan fingerprint density at radius 2 is 1.88 bits per heavy atom. The van der Waals surface area contributed by atoms with Crippen molar-refractivity contribution in [2.75, 3.05) is 17.7 Å². The third kappa shape index (κ3) is 10.3. The number of aliphatic hydroxyl groups excluding tert-OH is 1. The highest BCUT2D eigenvalue weighted by Crippen LogP contribution is 2.16. The van der Waals surface area contributed by atoms with Crippen LogP contribution in [0.4, 0.5) is 9.93 Å². The number of aliphatic imine (C=N–C) groups is 1. The number of carboxylic acids is 1. The topological polar surface area (TPSA) is 343 Å². The highest BCUT2D eigenvalue weighted by Gasteiger charge is 2.33. The minimum absolute atomic E-state index is 0.00386. The van der Waals surface area contributed by atoms with E-state index in [0.29, 0.717) is 0 Å². The number of carboxylic acid groups (broad SMARTS) is 1. The first-order chi connectivity index (χ1) is 23.6. The van der Waals surface area contributed by atoms with Crippen LogP contribution in [0, 0.1) is 0 Å². The van der Waals surface area contributed by atoms with Crippen LogP contribution in [0.15, 0.2) is 32.3 Å². The molecule has 7 N–H and O–H groups in total. The number of thiazole rings is 1. The molecule has 278 valence electrons. The van der Waals surface area contributed by atoms with E-state index >= 15 is 0 Å². The fourth-order valence-electron chi connectivity index (χ4n) is 3.85. The molecule has 0 aromatic carbocycles. The molecule has 3 rings (SSSR count). The maximum absolute atomic E-state index is 13.2. The summed E-state index contributed by atoms with van der Waals surface area (Å²) in [5.74, 6) is -4.98. The zero-order chi connectivity index (χ0) is 38.5. The van der Waals surface area contributed by atoms with Crippen LogP contribution in [0.3, 0.4) is 0 Å². The van der Waals surface area contributed by atoms with Crippen molar-refractivity contribution in [3.63, 3.8) is 0 Å². The molecular weight excluding hydrogens is 745 g/mol. The molecule has 0 spiro atoms. The first-order valence-electron chi connectivity index (χ1n) is 14.2. The summed E-state index contributed by atoms with van der Waals surface area (Å²) in [4.78, 5) is 87.2. The average molecular weight is 777 g/mol. The molecule has 0 saturated carbocycles. The Kier molecular flexibility index (Phi) is 12.2. The van der Waals surface area contributed by atoms with Crippen molar-refractivity contribution in [3.05, 3.63) is 39.3 Å². The number of oxime groups is 1. The van der Waals surface area contributed by atoms with E-state index in [1.165, 1.54) is 17.0 Å². The van der Waals surface area contributed by atoms with Gasteiger partial charge >= 0.3 is 27.9 Å². The van der Waals surface area contributed by atoms with Gasteiger partial charge in [0.05, 0.1) is 30.1 Å². The van der Waals surface area contributed by atoms with Crippen LogP contribution in [0.25, 0.3) is 0 Å². The van der Waals surface area contributed by atoms with Crippen LogP contribution in [-0.4, -0.2) is 117 Å². The van der Waals surface area contributed by atoms with Gasteiger partial charge in [-0.25, -0.2) is 32.5 Å². The van der Waals surface area contributed by atoms with Crippen molar-refractivity contribution < 1.29 is 55.9 Å². The van der Waals surface area contributed by atoms with Crippen LogP contribution in [0.5, 0.6) is 0 Å². The number of hydrogen-bond acceptors (Lipinski definition) is 18. The lowest BCUT2D eigenvalue weighted by Crippen LogP contribution is -2.55. The molecule has 0 unspecified atom stereocenters. The third-order valence-electron chi connectivity index (χ3n) is 6.60. The highest BCUT2D eigenvalue weighted by molar-refractivity contribution is 7.90. The number of ketones is 1. The smallest absolute Gasteiger partial charge is 0.362 e. The number of hydrogen-bond donors (Lipinski definition) is 6. The van der Waals surface area contributed by atoms with E-state index in [2.05, 4.69) is 30.9 Å². The summed E-state index contributed by atoms with van der Waals surface area (Å²) < 4.78 is 51.6. The zero-order valence-electron chi connectivity index (χ0n) is 27.1. The zero-order valence-corrected chi connectivity index (χ0v) is 29.5. The van der Waals surface area contributed by atoms with Gasteiger partial charge in [-0.2, -0.15) is 8.42 Å². The van der Waals surface area contributed by atoms with Gasteiger partial charge in [0.25, 0.3) is 5.91 Å². The summed E-state index contributed by atoms with van der Waals surface area (Å²) in [5.41, 5.74) is 1.36. The SMILES string of the molecule is C[C@H](NC(=O)NS(=O)(=O)n1nc(C2=NC=C(O)C(=O)C2)n(CCCS(C)(=O)=O)c1=O)[C@@H](C=O)NC(=O)/C(=N\OC(C)(C)C(=O)O)c1csc(N)n1. The summed E-state index contributed by atoms with van der Waals surface area (Å²) >= 11 is 0.902. The molecule has 1 aliphatic heterocycles. The second-order valence-electron chi connectivity index (χ2n) is 11.2. The van der Waals surface area contributed by atoms with Crippen molar-refractivity contribution in [1.29, 1.82) is 0 Å². The Morgan fingerprint density at radius 1 is 1.22 bits per heavy atom. The maximum atomic E-state index is 13.2. The number of carbonyl (C=O) groups excluding carboxylic acids is 4. The van der Waals surface area contributed by atoms with Gasteiger partial charge < -0.3 is 36.2 Å². The van der Waals surface area contributed by atoms with Gasteiger partial charge in [-0.3, -0.25) is 19.1 Å². The number of allylic oxidation sites excluding steroid dienone is 1. The number of nitrogens with zero attached hydrogens (tertiary/aromatic N) is 6. The normalized spacial score (nSPS) is 15.2. The molecule has 2 aromatic heterocycles. The lowest BCUT2D eigenvalue weighted by molar-refractivity contribution is -0.161. The molecule has 3 amide bonds. The molecule has 0 saturated heterocycles. The largest absolute Gasteiger partial charge is 0.503 e. The molecule has 51 heavy (non-hydrogen) atoms. The fourth-order valence-corrected chi connectivity index (χ4v) is 5.92. The van der Waals surface area contributed by atoms with Crippen LogP contribution in [0.2, 0.25) is 0 Å². The second-order valence-corrected chi connectivity index (χ2v) is 15.8. The number of aromatic nitrogens is 4. The van der Waals surface area contributed by atoms with Crippen LogP contribution >= 0.6 is 11.3 Å². The number of aldehydes is 1. The summed E-state index contributed by atoms with van der Waals surface area (Å²) in [6, 6.07) is -4.44. The number of rotatable bonds is 16. The number of amides is 3. The molecule has 23 nitrogen and oxygen atoms in total. The Hall–Kier alpha value is -5.50. The van der Waals surface area contributed by atoms with Gasteiger partial charge in [0.2, 0.25) is 11.4 Å². The number of anilines is 1. The van der Waals surface area contributed by atoms with E-state index < -0.39 is 103 Å². The number of sulfone groups is 1. The second kappa shape index (κ2) is 15.6. The molecule has 1 aliphatic rings. The Balaban J connectivity index is 1.83. The highest BCUT2D eigenvalue weighted by atomic mass is 32.2. The van der Waals surface area contributed by atoms with E-state index in [1.54, 1.807) is 0 Å². The number of nitrogen functional groups attached to an aromatic ring is 1. The number of Topliss-reactive ketones (excluding diaryl/α,β-unsaturated/α-hetero) is 1. The minimum atomic E-state index is -5.18. The first kappa shape index (κ1) is 39.9. The third-order valence-corrected chi connectivity index (χ3v) is 9.44. The Bertz CT molecular complexity index is 2110. The average Bonchev–Trinajstić information content (AvgIpc) is 3.59. The molecule has 2 aromatic rings. The molecule has 3 heterocycles. The van der Waals surface area contributed by atoms with Gasteiger partial charge in [0, 0.05) is 18.2 Å². The number of carbonyl (C=O) groups is 5. The maximum Gasteiger partial charge on any atom is 0.362 e. The Labute approximate surface area is 292 Å². The van der Waals surface area contributed by atoms with E-state index in [4.69, 9.17) is 10.6 Å². The standard InChI is InChI=1S/C25H32N10O13S3/c1-12(14(10-36)29-20(39)18(15-11-49-22(26)30-15)32-48-25(2,3)21(40)41)28-23(42)33-51(46,47)35-24(43)34(6-5-7-50(4,44)45)19(31-35)13-8-16(37)17(38)9-27-13/h9-12,14,38H,5-8H2,1-4H3,(H2,26,30)(H,29,39)(H,40,41)(H2,28,33,42)/b32-18-/t12-,14+/m0/s1. The fraction of sp³-hybridized carbons (Fsp3) is 0.440. The van der Waals surface area contributed by atoms with Crippen molar-refractivity contribution in [2.24, 2.45) is 10.1 Å². The number of nitrogens with two attached hydrogens (primary N) is 1. The minimum Gasteiger partial charge on any atom is -0.503 e. The number of aliphatic hydroxyl groups is 1. The molecular formula is C25H32N10O13S3. The quantitative estimate of drug-likeness (QED) is 0.0579. The number of urea groups is 1. The van der Waals surface area contributed by atoms with Gasteiger partial charge in [-0.1, -0.05) is 9.24 Å². The first-order valence-corrected chi connectivity index (χ1v) is 18.6. The molecule has 0 radical (unpaired) electrons. The van der Waals surface area contributed by atoms with Gasteiger partial charge in [-0.15, -0.1) is 16.4 Å². The summed E-state index contributed by atoms with van der Waals surface area (Å²) in [5, 5.41) is 31.8.